The first-order valence-electron chi connectivity index (χ1n) is 9.64. The van der Waals surface area contributed by atoms with E-state index in [2.05, 4.69) is 0 Å². The fourth-order valence-corrected chi connectivity index (χ4v) is 3.55. The van der Waals surface area contributed by atoms with E-state index in [4.69, 9.17) is 14.6 Å². The van der Waals surface area contributed by atoms with Crippen LogP contribution >= 0.6 is 0 Å². The number of carboxylic acid groups (broad SMARTS) is 1. The summed E-state index contributed by atoms with van der Waals surface area (Å²) in [6.07, 6.45) is 1.52. The van der Waals surface area contributed by atoms with Gasteiger partial charge >= 0.3 is 5.97 Å². The maximum atomic E-state index is 14.4. The first-order valence-corrected chi connectivity index (χ1v) is 9.64. The van der Waals surface area contributed by atoms with E-state index in [0.717, 1.165) is 18.4 Å². The van der Waals surface area contributed by atoms with Gasteiger partial charge < -0.3 is 14.6 Å². The number of rotatable bonds is 7. The van der Waals surface area contributed by atoms with Crippen molar-refractivity contribution in [2.45, 2.75) is 24.9 Å². The number of carbonyl (C=O) groups is 1. The van der Waals surface area contributed by atoms with E-state index in [1.165, 1.54) is 24.3 Å². The topological polar surface area (TPSA) is 55.8 Å². The third-order valence-electron chi connectivity index (χ3n) is 5.20. The van der Waals surface area contributed by atoms with Gasteiger partial charge in [0, 0.05) is 11.6 Å². The second kappa shape index (κ2) is 8.63. The molecule has 0 aromatic heterocycles. The minimum Gasteiger partial charge on any atom is -0.480 e. The predicted octanol–water partition coefficient (Wildman–Crippen LogP) is 5.77. The Morgan fingerprint density at radius 2 is 1.70 bits per heavy atom. The average Bonchev–Trinajstić information content (AvgIpc) is 2.69. The summed E-state index contributed by atoms with van der Waals surface area (Å²) in [7, 11) is 0. The molecule has 0 heterocycles. The SMILES string of the molecule is O=C(O)COC1CC(c2ccc(-c3cc(Oc4cccc(F)c4)ccc3F)cc2)C1. The van der Waals surface area contributed by atoms with Gasteiger partial charge in [-0.15, -0.1) is 0 Å². The molecular formula is C24H20F2O4. The third-order valence-corrected chi connectivity index (χ3v) is 5.20. The Bertz CT molecular complexity index is 1040. The van der Waals surface area contributed by atoms with E-state index in [1.54, 1.807) is 18.2 Å². The van der Waals surface area contributed by atoms with Gasteiger partial charge in [-0.25, -0.2) is 13.6 Å². The summed E-state index contributed by atoms with van der Waals surface area (Å²) in [5, 5.41) is 8.66. The second-order valence-corrected chi connectivity index (χ2v) is 7.32. The van der Waals surface area contributed by atoms with Gasteiger partial charge in [0.1, 0.15) is 29.7 Å². The molecule has 1 aliphatic rings. The average molecular weight is 410 g/mol. The van der Waals surface area contributed by atoms with Crippen LogP contribution in [0.4, 0.5) is 8.78 Å². The number of halogens is 2. The largest absolute Gasteiger partial charge is 0.480 e. The lowest BCUT2D eigenvalue weighted by Gasteiger charge is -2.35. The molecule has 6 heteroatoms. The fourth-order valence-electron chi connectivity index (χ4n) is 3.55. The summed E-state index contributed by atoms with van der Waals surface area (Å²) in [5.74, 6) is -0.679. The zero-order chi connectivity index (χ0) is 21.1. The van der Waals surface area contributed by atoms with E-state index < -0.39 is 11.8 Å². The van der Waals surface area contributed by atoms with Crippen molar-refractivity contribution in [1.29, 1.82) is 0 Å². The van der Waals surface area contributed by atoms with Crippen molar-refractivity contribution in [2.75, 3.05) is 6.61 Å². The van der Waals surface area contributed by atoms with Crippen molar-refractivity contribution in [3.05, 3.63) is 83.9 Å². The predicted molar refractivity (Wildman–Crippen MR) is 108 cm³/mol. The normalized spacial score (nSPS) is 17.9. The Balaban J connectivity index is 1.44. The molecule has 0 atom stereocenters. The molecule has 154 valence electrons. The summed E-state index contributed by atoms with van der Waals surface area (Å²) >= 11 is 0. The first-order chi connectivity index (χ1) is 14.5. The van der Waals surface area contributed by atoms with Gasteiger partial charge in [0.15, 0.2) is 0 Å². The molecule has 0 aliphatic heterocycles. The van der Waals surface area contributed by atoms with Crippen LogP contribution in [-0.2, 0) is 9.53 Å². The second-order valence-electron chi connectivity index (χ2n) is 7.32. The van der Waals surface area contributed by atoms with E-state index in [1.807, 2.05) is 24.3 Å². The van der Waals surface area contributed by atoms with E-state index in [9.17, 15) is 13.6 Å². The van der Waals surface area contributed by atoms with Crippen molar-refractivity contribution in [1.82, 2.24) is 0 Å². The number of hydrogen-bond donors (Lipinski definition) is 1. The summed E-state index contributed by atoms with van der Waals surface area (Å²) in [4.78, 5) is 10.6. The summed E-state index contributed by atoms with van der Waals surface area (Å²) in [5.41, 5.74) is 2.21. The van der Waals surface area contributed by atoms with Crippen LogP contribution in [-0.4, -0.2) is 23.8 Å². The van der Waals surface area contributed by atoms with Crippen LogP contribution in [0.5, 0.6) is 11.5 Å². The Hall–Kier alpha value is -3.25. The van der Waals surface area contributed by atoms with Crippen molar-refractivity contribution in [3.63, 3.8) is 0 Å². The molecule has 4 nitrogen and oxygen atoms in total. The van der Waals surface area contributed by atoms with Crippen LogP contribution in [0.2, 0.25) is 0 Å². The lowest BCUT2D eigenvalue weighted by atomic mass is 9.77. The number of benzene rings is 3. The molecular weight excluding hydrogens is 390 g/mol. The zero-order valence-electron chi connectivity index (χ0n) is 16.1. The number of carboxylic acids is 1. The van der Waals surface area contributed by atoms with Crippen molar-refractivity contribution in [3.8, 4) is 22.6 Å². The van der Waals surface area contributed by atoms with Gasteiger partial charge in [0.25, 0.3) is 0 Å². The Morgan fingerprint density at radius 3 is 2.40 bits per heavy atom. The lowest BCUT2D eigenvalue weighted by molar-refractivity contribution is -0.146. The van der Waals surface area contributed by atoms with Gasteiger partial charge in [-0.3, -0.25) is 0 Å². The van der Waals surface area contributed by atoms with Gasteiger partial charge in [0.2, 0.25) is 0 Å². The van der Waals surface area contributed by atoms with Crippen LogP contribution in [0, 0.1) is 11.6 Å². The Kier molecular flexibility index (Phi) is 5.77. The van der Waals surface area contributed by atoms with Crippen molar-refractivity contribution < 1.29 is 28.2 Å². The first kappa shape index (κ1) is 20.0. The highest BCUT2D eigenvalue weighted by Gasteiger charge is 2.31. The van der Waals surface area contributed by atoms with E-state index >= 15 is 0 Å². The molecule has 1 N–H and O–H groups in total. The molecule has 1 fully saturated rings. The zero-order valence-corrected chi connectivity index (χ0v) is 16.1. The van der Waals surface area contributed by atoms with E-state index in [0.29, 0.717) is 28.5 Å². The van der Waals surface area contributed by atoms with Crippen LogP contribution in [0.25, 0.3) is 11.1 Å². The maximum Gasteiger partial charge on any atom is 0.329 e. The highest BCUT2D eigenvalue weighted by atomic mass is 19.1. The molecule has 0 bridgehead atoms. The van der Waals surface area contributed by atoms with Crippen LogP contribution < -0.4 is 4.74 Å². The third kappa shape index (κ3) is 4.66. The van der Waals surface area contributed by atoms with Gasteiger partial charge in [-0.05, 0) is 60.2 Å². The Morgan fingerprint density at radius 1 is 0.967 bits per heavy atom. The number of aliphatic carboxylic acids is 1. The summed E-state index contributed by atoms with van der Waals surface area (Å²) in [6, 6.07) is 17.8. The molecule has 30 heavy (non-hydrogen) atoms. The molecule has 0 spiro atoms. The quantitative estimate of drug-likeness (QED) is 0.537. The molecule has 3 aromatic carbocycles. The molecule has 0 radical (unpaired) electrons. The van der Waals surface area contributed by atoms with Crippen LogP contribution in [0.3, 0.4) is 0 Å². The molecule has 3 aromatic rings. The van der Waals surface area contributed by atoms with Crippen molar-refractivity contribution in [2.24, 2.45) is 0 Å². The summed E-state index contributed by atoms with van der Waals surface area (Å²) in [6.45, 7) is -0.274. The Labute approximate surface area is 172 Å². The number of hydrogen-bond acceptors (Lipinski definition) is 3. The molecule has 4 rings (SSSR count). The minimum absolute atomic E-state index is 0.0279. The van der Waals surface area contributed by atoms with Crippen molar-refractivity contribution >= 4 is 5.97 Å². The fraction of sp³-hybridized carbons (Fsp3) is 0.208. The monoisotopic (exact) mass is 410 g/mol. The smallest absolute Gasteiger partial charge is 0.329 e. The van der Waals surface area contributed by atoms with Gasteiger partial charge in [-0.1, -0.05) is 30.3 Å². The molecule has 1 saturated carbocycles. The van der Waals surface area contributed by atoms with Gasteiger partial charge in [0.05, 0.1) is 6.10 Å². The van der Waals surface area contributed by atoms with Crippen LogP contribution in [0.1, 0.15) is 24.3 Å². The molecule has 0 amide bonds. The number of ether oxygens (including phenoxy) is 2. The summed E-state index contributed by atoms with van der Waals surface area (Å²) < 4.78 is 38.7. The van der Waals surface area contributed by atoms with E-state index in [-0.39, 0.29) is 18.5 Å². The highest BCUT2D eigenvalue weighted by molar-refractivity contribution is 5.68. The minimum atomic E-state index is -0.964. The van der Waals surface area contributed by atoms with Crippen LogP contribution in [0.15, 0.2) is 66.7 Å². The maximum absolute atomic E-state index is 14.4. The molecule has 0 unspecified atom stereocenters. The van der Waals surface area contributed by atoms with Gasteiger partial charge in [-0.2, -0.15) is 0 Å². The highest BCUT2D eigenvalue weighted by Crippen LogP contribution is 2.39. The standard InChI is InChI=1S/C24H20F2O4/c25-18-2-1-3-19(12-18)30-20-8-9-23(26)22(13-20)16-6-4-15(5-7-16)17-10-21(11-17)29-14-24(27)28/h1-9,12-13,17,21H,10-11,14H2,(H,27,28). The lowest BCUT2D eigenvalue weighted by Crippen LogP contribution is -2.31. The molecule has 1 aliphatic carbocycles. The molecule has 0 saturated heterocycles.